The normalized spacial score (nSPS) is 22.5. The molecular formula is C14H19N5OS. The molecule has 2 aromatic rings. The summed E-state index contributed by atoms with van der Waals surface area (Å²) >= 11 is 1.56. The summed E-state index contributed by atoms with van der Waals surface area (Å²) in [6.07, 6.45) is 3.33. The van der Waals surface area contributed by atoms with E-state index in [-0.39, 0.29) is 12.5 Å². The minimum atomic E-state index is 0.0739. The Bertz CT molecular complexity index is 599. The maximum Gasteiger partial charge on any atom is 0.246 e. The minimum absolute atomic E-state index is 0.0739. The van der Waals surface area contributed by atoms with E-state index in [0.29, 0.717) is 17.9 Å². The summed E-state index contributed by atoms with van der Waals surface area (Å²) in [5, 5.41) is 14.3. The van der Waals surface area contributed by atoms with Gasteiger partial charge in [-0.05, 0) is 49.8 Å². The Labute approximate surface area is 127 Å². The molecule has 0 radical (unpaired) electrons. The van der Waals surface area contributed by atoms with Crippen molar-refractivity contribution in [3.05, 3.63) is 17.5 Å². The second-order valence-electron chi connectivity index (χ2n) is 5.55. The van der Waals surface area contributed by atoms with Gasteiger partial charge in [-0.1, -0.05) is 6.07 Å². The summed E-state index contributed by atoms with van der Waals surface area (Å²) in [5.74, 6) is 0.655. The molecule has 1 fully saturated rings. The van der Waals surface area contributed by atoms with Crippen LogP contribution in [0.4, 0.5) is 0 Å². The van der Waals surface area contributed by atoms with Crippen molar-refractivity contribution in [3.8, 4) is 10.7 Å². The van der Waals surface area contributed by atoms with Crippen LogP contribution in [0, 0.1) is 0 Å². The molecule has 0 aromatic carbocycles. The summed E-state index contributed by atoms with van der Waals surface area (Å²) in [5.41, 5.74) is 0. The van der Waals surface area contributed by atoms with E-state index in [2.05, 4.69) is 29.3 Å². The summed E-state index contributed by atoms with van der Waals surface area (Å²) in [6.45, 7) is 4.38. The molecule has 112 valence electrons. The predicted octanol–water partition coefficient (Wildman–Crippen LogP) is 2.19. The smallest absolute Gasteiger partial charge is 0.246 e. The SMILES string of the molecule is CC1CCCC(C)N1C(=O)Cn1nnc(-c2cccs2)n1. The van der Waals surface area contributed by atoms with E-state index in [0.717, 1.165) is 17.7 Å². The van der Waals surface area contributed by atoms with Crippen LogP contribution in [0.5, 0.6) is 0 Å². The Morgan fingerprint density at radius 1 is 1.38 bits per heavy atom. The molecule has 3 rings (SSSR count). The van der Waals surface area contributed by atoms with Crippen molar-refractivity contribution in [2.45, 2.75) is 51.7 Å². The lowest BCUT2D eigenvalue weighted by Crippen LogP contribution is -2.48. The third kappa shape index (κ3) is 2.97. The molecule has 1 amide bonds. The maximum atomic E-state index is 12.5. The fraction of sp³-hybridized carbons (Fsp3) is 0.571. The molecular weight excluding hydrogens is 286 g/mol. The first kappa shape index (κ1) is 14.2. The highest BCUT2D eigenvalue weighted by Gasteiger charge is 2.29. The van der Waals surface area contributed by atoms with Crippen LogP contribution in [-0.4, -0.2) is 43.1 Å². The first-order valence-electron chi connectivity index (χ1n) is 7.28. The molecule has 2 unspecified atom stereocenters. The third-order valence-corrected chi connectivity index (χ3v) is 4.82. The largest absolute Gasteiger partial charge is 0.336 e. The van der Waals surface area contributed by atoms with E-state index in [1.165, 1.54) is 11.2 Å². The molecule has 0 aliphatic carbocycles. The van der Waals surface area contributed by atoms with E-state index in [1.54, 1.807) is 11.3 Å². The predicted molar refractivity (Wildman–Crippen MR) is 80.8 cm³/mol. The number of piperidine rings is 1. The Morgan fingerprint density at radius 3 is 2.81 bits per heavy atom. The number of nitrogens with zero attached hydrogens (tertiary/aromatic N) is 5. The van der Waals surface area contributed by atoms with E-state index in [9.17, 15) is 4.79 Å². The Hall–Kier alpha value is -1.76. The molecule has 6 nitrogen and oxygen atoms in total. The summed E-state index contributed by atoms with van der Waals surface area (Å²) < 4.78 is 0. The van der Waals surface area contributed by atoms with Crippen LogP contribution in [0.1, 0.15) is 33.1 Å². The van der Waals surface area contributed by atoms with Crippen LogP contribution in [0.25, 0.3) is 10.7 Å². The van der Waals surface area contributed by atoms with Gasteiger partial charge in [0.25, 0.3) is 0 Å². The zero-order valence-electron chi connectivity index (χ0n) is 12.3. The zero-order chi connectivity index (χ0) is 14.8. The van der Waals surface area contributed by atoms with Crippen LogP contribution in [0.2, 0.25) is 0 Å². The quantitative estimate of drug-likeness (QED) is 0.872. The van der Waals surface area contributed by atoms with Gasteiger partial charge >= 0.3 is 0 Å². The fourth-order valence-corrected chi connectivity index (χ4v) is 3.58. The average Bonchev–Trinajstić information content (AvgIpc) is 3.08. The molecule has 2 atom stereocenters. The molecule has 1 aliphatic heterocycles. The number of tetrazole rings is 1. The van der Waals surface area contributed by atoms with Gasteiger partial charge in [0.2, 0.25) is 11.7 Å². The molecule has 0 N–H and O–H groups in total. The van der Waals surface area contributed by atoms with Crippen LogP contribution < -0.4 is 0 Å². The van der Waals surface area contributed by atoms with Gasteiger partial charge in [0.1, 0.15) is 6.54 Å². The van der Waals surface area contributed by atoms with Gasteiger partial charge in [0, 0.05) is 12.1 Å². The number of thiophene rings is 1. The van der Waals surface area contributed by atoms with Crippen LogP contribution in [0.3, 0.4) is 0 Å². The number of carbonyl (C=O) groups is 1. The van der Waals surface area contributed by atoms with E-state index in [4.69, 9.17) is 0 Å². The molecule has 3 heterocycles. The van der Waals surface area contributed by atoms with Crippen molar-refractivity contribution in [1.29, 1.82) is 0 Å². The number of hydrogen-bond donors (Lipinski definition) is 0. The molecule has 1 saturated heterocycles. The van der Waals surface area contributed by atoms with E-state index < -0.39 is 0 Å². The highest BCUT2D eigenvalue weighted by molar-refractivity contribution is 7.13. The number of rotatable bonds is 3. The number of amides is 1. The second kappa shape index (κ2) is 5.93. The van der Waals surface area contributed by atoms with Gasteiger partial charge in [-0.2, -0.15) is 4.80 Å². The van der Waals surface area contributed by atoms with Crippen molar-refractivity contribution in [2.24, 2.45) is 0 Å². The summed E-state index contributed by atoms with van der Waals surface area (Å²) in [6, 6.07) is 4.48. The summed E-state index contributed by atoms with van der Waals surface area (Å²) in [4.78, 5) is 16.8. The lowest BCUT2D eigenvalue weighted by molar-refractivity contribution is -0.138. The number of carbonyl (C=O) groups excluding carboxylic acids is 1. The Morgan fingerprint density at radius 2 is 2.14 bits per heavy atom. The highest BCUT2D eigenvalue weighted by atomic mass is 32.1. The number of likely N-dealkylation sites (tertiary alicyclic amines) is 1. The van der Waals surface area contributed by atoms with Gasteiger partial charge in [-0.3, -0.25) is 4.79 Å². The van der Waals surface area contributed by atoms with Gasteiger partial charge in [-0.25, -0.2) is 0 Å². The van der Waals surface area contributed by atoms with Crippen molar-refractivity contribution in [1.82, 2.24) is 25.1 Å². The monoisotopic (exact) mass is 305 g/mol. The lowest BCUT2D eigenvalue weighted by atomic mass is 9.97. The first-order valence-corrected chi connectivity index (χ1v) is 8.16. The minimum Gasteiger partial charge on any atom is -0.336 e. The third-order valence-electron chi connectivity index (χ3n) is 3.95. The molecule has 0 bridgehead atoms. The first-order chi connectivity index (χ1) is 10.1. The summed E-state index contributed by atoms with van der Waals surface area (Å²) in [7, 11) is 0. The molecule has 2 aromatic heterocycles. The average molecular weight is 305 g/mol. The standard InChI is InChI=1S/C14H19N5OS/c1-10-5-3-6-11(2)19(10)13(20)9-18-16-14(15-17-18)12-7-4-8-21-12/h4,7-8,10-11H,3,5-6,9H2,1-2H3. The fourth-order valence-electron chi connectivity index (χ4n) is 2.93. The number of hydrogen-bond acceptors (Lipinski definition) is 5. The molecule has 0 spiro atoms. The Balaban J connectivity index is 1.70. The highest BCUT2D eigenvalue weighted by Crippen LogP contribution is 2.23. The van der Waals surface area contributed by atoms with Crippen molar-refractivity contribution in [2.75, 3.05) is 0 Å². The topological polar surface area (TPSA) is 63.9 Å². The van der Waals surface area contributed by atoms with Crippen molar-refractivity contribution < 1.29 is 4.79 Å². The number of aromatic nitrogens is 4. The molecule has 7 heteroatoms. The lowest BCUT2D eigenvalue weighted by Gasteiger charge is -2.38. The van der Waals surface area contributed by atoms with Crippen LogP contribution in [0.15, 0.2) is 17.5 Å². The van der Waals surface area contributed by atoms with Crippen LogP contribution in [-0.2, 0) is 11.3 Å². The van der Waals surface area contributed by atoms with E-state index >= 15 is 0 Å². The molecule has 1 aliphatic rings. The molecule has 21 heavy (non-hydrogen) atoms. The Kier molecular flexibility index (Phi) is 4.01. The molecule has 0 saturated carbocycles. The van der Waals surface area contributed by atoms with Crippen LogP contribution >= 0.6 is 11.3 Å². The second-order valence-corrected chi connectivity index (χ2v) is 6.50. The maximum absolute atomic E-state index is 12.5. The zero-order valence-corrected chi connectivity index (χ0v) is 13.1. The van der Waals surface area contributed by atoms with Crippen molar-refractivity contribution in [3.63, 3.8) is 0 Å². The van der Waals surface area contributed by atoms with Gasteiger partial charge in [-0.15, -0.1) is 21.5 Å². The van der Waals surface area contributed by atoms with Gasteiger partial charge in [0.15, 0.2) is 0 Å². The van der Waals surface area contributed by atoms with E-state index in [1.807, 2.05) is 22.4 Å². The van der Waals surface area contributed by atoms with Gasteiger partial charge < -0.3 is 4.90 Å². The van der Waals surface area contributed by atoms with Crippen molar-refractivity contribution >= 4 is 17.2 Å². The van der Waals surface area contributed by atoms with Gasteiger partial charge in [0.05, 0.1) is 4.88 Å².